The minimum atomic E-state index is -0.470. The summed E-state index contributed by atoms with van der Waals surface area (Å²) in [5.41, 5.74) is 0.181. The van der Waals surface area contributed by atoms with Crippen LogP contribution in [-0.4, -0.2) is 16.5 Å². The lowest BCUT2D eigenvalue weighted by molar-refractivity contribution is -0.177. The predicted molar refractivity (Wildman–Crippen MR) is 87.4 cm³/mol. The summed E-state index contributed by atoms with van der Waals surface area (Å²) in [7, 11) is 0. The molecule has 22 heavy (non-hydrogen) atoms. The lowest BCUT2D eigenvalue weighted by Crippen LogP contribution is -2.59. The van der Waals surface area contributed by atoms with Crippen molar-refractivity contribution in [2.45, 2.75) is 84.7 Å². The maximum absolute atomic E-state index is 12.6. The Morgan fingerprint density at radius 3 is 2.45 bits per heavy atom. The van der Waals surface area contributed by atoms with E-state index in [4.69, 9.17) is 0 Å². The van der Waals surface area contributed by atoms with E-state index in [0.717, 1.165) is 31.6 Å². The molecule has 124 valence electrons. The van der Waals surface area contributed by atoms with Crippen LogP contribution in [0.25, 0.3) is 0 Å². The van der Waals surface area contributed by atoms with Gasteiger partial charge in [-0.25, -0.2) is 0 Å². The van der Waals surface area contributed by atoms with Crippen molar-refractivity contribution < 1.29 is 9.90 Å². The fourth-order valence-corrected chi connectivity index (χ4v) is 7.79. The van der Waals surface area contributed by atoms with Crippen LogP contribution in [0.1, 0.15) is 79.1 Å². The number of Topliss-reactive ketones (excluding diaryl/α,β-unsaturated/α-hetero) is 1. The standard InChI is InChI=1S/C20H32O2/c1-17(2)11-15(21)12-18(3)16(17)6-5-13-9-14-10-20(13,18)8-7-19(14,4)22/h13-14,16,22H,5-12H2,1-4H3. The number of fused-ring (bicyclic) bond motifs is 2. The molecule has 1 N–H and O–H groups in total. The van der Waals surface area contributed by atoms with Crippen molar-refractivity contribution in [3.05, 3.63) is 0 Å². The maximum Gasteiger partial charge on any atom is 0.134 e. The fraction of sp³-hybridized carbons (Fsp3) is 0.950. The Hall–Kier alpha value is -0.370. The molecule has 0 aromatic rings. The highest BCUT2D eigenvalue weighted by Crippen LogP contribution is 2.74. The van der Waals surface area contributed by atoms with Crippen LogP contribution in [-0.2, 0) is 4.79 Å². The van der Waals surface area contributed by atoms with Crippen molar-refractivity contribution in [3.63, 3.8) is 0 Å². The van der Waals surface area contributed by atoms with Gasteiger partial charge in [0, 0.05) is 12.8 Å². The molecule has 4 fully saturated rings. The highest BCUT2D eigenvalue weighted by atomic mass is 16.3. The van der Waals surface area contributed by atoms with Crippen LogP contribution in [0.4, 0.5) is 0 Å². The van der Waals surface area contributed by atoms with Gasteiger partial charge in [-0.05, 0) is 79.4 Å². The first-order valence-electron chi connectivity index (χ1n) is 9.35. The molecule has 1 spiro atoms. The predicted octanol–water partition coefficient (Wildman–Crippen LogP) is 4.35. The molecule has 0 aromatic carbocycles. The molecule has 2 bridgehead atoms. The summed E-state index contributed by atoms with van der Waals surface area (Å²) in [5.74, 6) is 2.37. The van der Waals surface area contributed by atoms with E-state index < -0.39 is 5.60 Å². The summed E-state index contributed by atoms with van der Waals surface area (Å²) in [6.45, 7) is 9.16. The minimum absolute atomic E-state index is 0.155. The Morgan fingerprint density at radius 2 is 1.73 bits per heavy atom. The minimum Gasteiger partial charge on any atom is -0.390 e. The molecule has 6 atom stereocenters. The normalized spacial score (nSPS) is 56.4. The zero-order chi connectivity index (χ0) is 16.0. The molecule has 4 aliphatic carbocycles. The third-order valence-corrected chi connectivity index (χ3v) is 8.79. The van der Waals surface area contributed by atoms with Gasteiger partial charge in [-0.1, -0.05) is 20.8 Å². The molecule has 6 unspecified atom stereocenters. The number of carbonyl (C=O) groups is 1. The summed E-state index contributed by atoms with van der Waals surface area (Å²) in [6.07, 6.45) is 8.62. The van der Waals surface area contributed by atoms with E-state index >= 15 is 0 Å². The second-order valence-electron chi connectivity index (χ2n) is 10.3. The van der Waals surface area contributed by atoms with Gasteiger partial charge in [-0.3, -0.25) is 4.79 Å². The molecule has 0 heterocycles. The lowest BCUT2D eigenvalue weighted by atomic mass is 9.39. The molecule has 0 amide bonds. The van der Waals surface area contributed by atoms with E-state index in [1.54, 1.807) is 0 Å². The number of hydrogen-bond acceptors (Lipinski definition) is 2. The number of ketones is 1. The van der Waals surface area contributed by atoms with Gasteiger partial charge in [0.15, 0.2) is 0 Å². The average molecular weight is 304 g/mol. The third kappa shape index (κ3) is 1.68. The first kappa shape index (κ1) is 15.2. The number of rotatable bonds is 0. The van der Waals surface area contributed by atoms with Crippen LogP contribution >= 0.6 is 0 Å². The largest absolute Gasteiger partial charge is 0.390 e. The first-order chi connectivity index (χ1) is 10.1. The van der Waals surface area contributed by atoms with Crippen LogP contribution in [0.15, 0.2) is 0 Å². The van der Waals surface area contributed by atoms with Gasteiger partial charge in [0.1, 0.15) is 5.78 Å². The molecular weight excluding hydrogens is 272 g/mol. The van der Waals surface area contributed by atoms with E-state index in [9.17, 15) is 9.90 Å². The quantitative estimate of drug-likeness (QED) is 0.722. The maximum atomic E-state index is 12.6. The monoisotopic (exact) mass is 304 g/mol. The smallest absolute Gasteiger partial charge is 0.134 e. The average Bonchev–Trinajstić information content (AvgIpc) is 2.71. The van der Waals surface area contributed by atoms with Crippen molar-refractivity contribution >= 4 is 5.78 Å². The molecule has 2 heteroatoms. The molecule has 4 saturated carbocycles. The Kier molecular flexibility index (Phi) is 2.88. The van der Waals surface area contributed by atoms with Gasteiger partial charge in [0.2, 0.25) is 0 Å². The summed E-state index contributed by atoms with van der Waals surface area (Å²) in [4.78, 5) is 12.6. The molecular formula is C20H32O2. The van der Waals surface area contributed by atoms with Crippen molar-refractivity contribution in [2.75, 3.05) is 0 Å². The zero-order valence-electron chi connectivity index (χ0n) is 14.7. The van der Waals surface area contributed by atoms with Crippen molar-refractivity contribution in [3.8, 4) is 0 Å². The van der Waals surface area contributed by atoms with Gasteiger partial charge in [-0.15, -0.1) is 0 Å². The third-order valence-electron chi connectivity index (χ3n) is 8.79. The van der Waals surface area contributed by atoms with E-state index in [2.05, 4.69) is 27.7 Å². The highest BCUT2D eigenvalue weighted by Gasteiger charge is 2.69. The number of hydrogen-bond donors (Lipinski definition) is 1. The van der Waals surface area contributed by atoms with E-state index in [-0.39, 0.29) is 10.8 Å². The first-order valence-corrected chi connectivity index (χ1v) is 9.35. The van der Waals surface area contributed by atoms with Crippen LogP contribution in [0.5, 0.6) is 0 Å². The molecule has 0 radical (unpaired) electrons. The van der Waals surface area contributed by atoms with Crippen LogP contribution in [0.3, 0.4) is 0 Å². The Bertz CT molecular complexity index is 520. The van der Waals surface area contributed by atoms with Crippen LogP contribution in [0.2, 0.25) is 0 Å². The van der Waals surface area contributed by atoms with E-state index in [1.807, 2.05) is 0 Å². The topological polar surface area (TPSA) is 37.3 Å². The van der Waals surface area contributed by atoms with Gasteiger partial charge >= 0.3 is 0 Å². The van der Waals surface area contributed by atoms with Crippen molar-refractivity contribution in [2.24, 2.45) is 34.0 Å². The lowest BCUT2D eigenvalue weighted by Gasteiger charge is -2.64. The van der Waals surface area contributed by atoms with Crippen LogP contribution < -0.4 is 0 Å². The number of carbonyl (C=O) groups excluding carboxylic acids is 1. The van der Waals surface area contributed by atoms with Gasteiger partial charge in [0.05, 0.1) is 5.60 Å². The molecule has 2 nitrogen and oxygen atoms in total. The summed E-state index contributed by atoms with van der Waals surface area (Å²) < 4.78 is 0. The molecule has 4 rings (SSSR count). The Labute approximate surface area is 135 Å². The fourth-order valence-electron chi connectivity index (χ4n) is 7.79. The number of aliphatic hydroxyl groups is 1. The molecule has 0 saturated heterocycles. The molecule has 4 aliphatic rings. The highest BCUT2D eigenvalue weighted by molar-refractivity contribution is 5.81. The second kappa shape index (κ2) is 4.18. The summed E-state index contributed by atoms with van der Waals surface area (Å²) in [6, 6.07) is 0. The Morgan fingerprint density at radius 1 is 1.00 bits per heavy atom. The van der Waals surface area contributed by atoms with E-state index in [1.165, 1.54) is 25.7 Å². The van der Waals surface area contributed by atoms with Crippen LogP contribution in [0, 0.1) is 34.0 Å². The SMILES string of the molecule is CC1(C)CC(=O)CC2(C)C1CCC1CC3CC12CCC3(C)O. The van der Waals surface area contributed by atoms with Gasteiger partial charge < -0.3 is 5.11 Å². The van der Waals surface area contributed by atoms with Gasteiger partial charge in [-0.2, -0.15) is 0 Å². The summed E-state index contributed by atoms with van der Waals surface area (Å²) >= 11 is 0. The molecule has 0 aliphatic heterocycles. The van der Waals surface area contributed by atoms with Gasteiger partial charge in [0.25, 0.3) is 0 Å². The second-order valence-corrected chi connectivity index (χ2v) is 10.3. The van der Waals surface area contributed by atoms with E-state index in [0.29, 0.717) is 23.0 Å². The molecule has 0 aromatic heterocycles. The summed E-state index contributed by atoms with van der Waals surface area (Å²) in [5, 5.41) is 10.8. The van der Waals surface area contributed by atoms with Crippen molar-refractivity contribution in [1.82, 2.24) is 0 Å². The van der Waals surface area contributed by atoms with Crippen molar-refractivity contribution in [1.29, 1.82) is 0 Å². The zero-order valence-corrected chi connectivity index (χ0v) is 14.7. The Balaban J connectivity index is 1.79.